The van der Waals surface area contributed by atoms with Gasteiger partial charge in [0.1, 0.15) is 13.2 Å². The number of hydrogen-bond acceptors (Lipinski definition) is 4. The first-order valence-corrected chi connectivity index (χ1v) is 7.36. The maximum Gasteiger partial charge on any atom is 0.255 e. The van der Waals surface area contributed by atoms with Crippen LogP contribution in [0.2, 0.25) is 0 Å². The minimum absolute atomic E-state index is 0. The molecule has 0 spiro atoms. The highest BCUT2D eigenvalue weighted by molar-refractivity contribution is 5.98. The highest BCUT2D eigenvalue weighted by Crippen LogP contribution is 2.33. The van der Waals surface area contributed by atoms with Crippen LogP contribution in [-0.4, -0.2) is 31.2 Å². The summed E-state index contributed by atoms with van der Waals surface area (Å²) in [6.45, 7) is 7.55. The summed E-state index contributed by atoms with van der Waals surface area (Å²) in [5.41, 5.74) is 5.92. The van der Waals surface area contributed by atoms with Crippen molar-refractivity contribution in [2.75, 3.05) is 19.8 Å². The van der Waals surface area contributed by atoms with Crippen LogP contribution >= 0.6 is 12.4 Å². The molecule has 0 bridgehead atoms. The lowest BCUT2D eigenvalue weighted by atomic mass is 9.90. The average molecular weight is 329 g/mol. The smallest absolute Gasteiger partial charge is 0.255 e. The van der Waals surface area contributed by atoms with Gasteiger partial charge in [-0.2, -0.15) is 0 Å². The standard InChI is InChI=1S/C16H24N2O3.ClH/c1-11(2)9-16(3,10-17)18-15(19)12-5-4-6-13-14(12)21-8-7-20-13;/h4-6,11H,7-10,17H2,1-3H3,(H,18,19);1H. The number of nitrogens with one attached hydrogen (secondary N) is 1. The number of ether oxygens (including phenoxy) is 2. The van der Waals surface area contributed by atoms with Crippen molar-refractivity contribution in [2.24, 2.45) is 11.7 Å². The molecule has 0 radical (unpaired) electrons. The van der Waals surface area contributed by atoms with Crippen LogP contribution in [0.25, 0.3) is 0 Å². The minimum atomic E-state index is -0.427. The van der Waals surface area contributed by atoms with Gasteiger partial charge in [0.2, 0.25) is 0 Å². The molecule has 0 saturated heterocycles. The number of rotatable bonds is 5. The Bertz CT molecular complexity index is 522. The van der Waals surface area contributed by atoms with Gasteiger partial charge in [0.15, 0.2) is 11.5 Å². The number of nitrogens with two attached hydrogens (primary N) is 1. The van der Waals surface area contributed by atoms with E-state index in [1.807, 2.05) is 13.0 Å². The highest BCUT2D eigenvalue weighted by atomic mass is 35.5. The number of amides is 1. The molecular weight excluding hydrogens is 304 g/mol. The molecule has 22 heavy (non-hydrogen) atoms. The molecule has 0 saturated carbocycles. The van der Waals surface area contributed by atoms with Crippen molar-refractivity contribution in [1.82, 2.24) is 5.32 Å². The lowest BCUT2D eigenvalue weighted by molar-refractivity contribution is 0.0887. The first-order chi connectivity index (χ1) is 9.95. The van der Waals surface area contributed by atoms with Gasteiger partial charge < -0.3 is 20.5 Å². The fourth-order valence-electron chi connectivity index (χ4n) is 2.68. The summed E-state index contributed by atoms with van der Waals surface area (Å²) >= 11 is 0. The number of para-hydroxylation sites is 1. The molecule has 124 valence electrons. The van der Waals surface area contributed by atoms with Crippen LogP contribution in [0.5, 0.6) is 11.5 Å². The summed E-state index contributed by atoms with van der Waals surface area (Å²) in [6.07, 6.45) is 0.821. The zero-order valence-corrected chi connectivity index (χ0v) is 14.2. The summed E-state index contributed by atoms with van der Waals surface area (Å²) in [5.74, 6) is 1.41. The van der Waals surface area contributed by atoms with Crippen molar-refractivity contribution in [3.05, 3.63) is 23.8 Å². The lowest BCUT2D eigenvalue weighted by Gasteiger charge is -2.31. The molecule has 0 fully saturated rings. The molecule has 5 nitrogen and oxygen atoms in total. The number of benzene rings is 1. The normalized spacial score (nSPS) is 15.7. The van der Waals surface area contributed by atoms with Gasteiger partial charge in [-0.3, -0.25) is 4.79 Å². The van der Waals surface area contributed by atoms with Crippen molar-refractivity contribution >= 4 is 18.3 Å². The van der Waals surface area contributed by atoms with E-state index < -0.39 is 5.54 Å². The van der Waals surface area contributed by atoms with Crippen LogP contribution in [0.1, 0.15) is 37.6 Å². The van der Waals surface area contributed by atoms with Crippen LogP contribution in [0.15, 0.2) is 18.2 Å². The molecule has 0 aromatic heterocycles. The molecule has 1 aromatic rings. The molecule has 1 amide bonds. The number of hydrogen-bond donors (Lipinski definition) is 2. The van der Waals surface area contributed by atoms with E-state index in [1.54, 1.807) is 12.1 Å². The van der Waals surface area contributed by atoms with Crippen LogP contribution in [0, 0.1) is 5.92 Å². The van der Waals surface area contributed by atoms with E-state index in [0.29, 0.717) is 42.7 Å². The quantitative estimate of drug-likeness (QED) is 0.870. The third-order valence-corrected chi connectivity index (χ3v) is 3.54. The third kappa shape index (κ3) is 4.27. The van der Waals surface area contributed by atoms with Crippen molar-refractivity contribution in [3.63, 3.8) is 0 Å². The fraction of sp³-hybridized carbons (Fsp3) is 0.562. The minimum Gasteiger partial charge on any atom is -0.486 e. The maximum atomic E-state index is 12.6. The van der Waals surface area contributed by atoms with E-state index in [4.69, 9.17) is 15.2 Å². The Hall–Kier alpha value is -1.46. The second-order valence-electron chi connectivity index (χ2n) is 6.15. The Balaban J connectivity index is 0.00000242. The number of carbonyl (C=O) groups excluding carboxylic acids is 1. The molecule has 1 aliphatic rings. The fourth-order valence-corrected chi connectivity index (χ4v) is 2.68. The maximum absolute atomic E-state index is 12.6. The molecule has 1 atom stereocenters. The van der Waals surface area contributed by atoms with Gasteiger partial charge in [0.05, 0.1) is 5.56 Å². The molecule has 2 rings (SSSR count). The summed E-state index contributed by atoms with van der Waals surface area (Å²) in [6, 6.07) is 5.35. The van der Waals surface area contributed by atoms with Crippen LogP contribution in [0.3, 0.4) is 0 Å². The average Bonchev–Trinajstić information content (AvgIpc) is 2.45. The highest BCUT2D eigenvalue weighted by Gasteiger charge is 2.28. The van der Waals surface area contributed by atoms with E-state index >= 15 is 0 Å². The van der Waals surface area contributed by atoms with Gasteiger partial charge in [-0.15, -0.1) is 12.4 Å². The van der Waals surface area contributed by atoms with E-state index in [2.05, 4.69) is 19.2 Å². The number of carbonyl (C=O) groups is 1. The van der Waals surface area contributed by atoms with Crippen LogP contribution < -0.4 is 20.5 Å². The summed E-state index contributed by atoms with van der Waals surface area (Å²) in [4.78, 5) is 12.6. The van der Waals surface area contributed by atoms with E-state index in [0.717, 1.165) is 6.42 Å². The van der Waals surface area contributed by atoms with Gasteiger partial charge in [-0.05, 0) is 31.4 Å². The van der Waals surface area contributed by atoms with Crippen molar-refractivity contribution in [3.8, 4) is 11.5 Å². The van der Waals surface area contributed by atoms with Crippen molar-refractivity contribution in [1.29, 1.82) is 0 Å². The van der Waals surface area contributed by atoms with Gasteiger partial charge in [0, 0.05) is 12.1 Å². The van der Waals surface area contributed by atoms with Crippen LogP contribution in [-0.2, 0) is 0 Å². The first kappa shape index (κ1) is 18.6. The Labute approximate surface area is 138 Å². The predicted molar refractivity (Wildman–Crippen MR) is 89.1 cm³/mol. The Kier molecular flexibility index (Phi) is 6.50. The van der Waals surface area contributed by atoms with E-state index in [9.17, 15) is 4.79 Å². The predicted octanol–water partition coefficient (Wildman–Crippen LogP) is 2.37. The van der Waals surface area contributed by atoms with E-state index in [-0.39, 0.29) is 18.3 Å². The van der Waals surface area contributed by atoms with Gasteiger partial charge in [-0.25, -0.2) is 0 Å². The van der Waals surface area contributed by atoms with E-state index in [1.165, 1.54) is 0 Å². The SMILES string of the molecule is CC(C)CC(C)(CN)NC(=O)c1cccc2c1OCCO2.Cl. The van der Waals surface area contributed by atoms with Crippen molar-refractivity contribution < 1.29 is 14.3 Å². The van der Waals surface area contributed by atoms with Gasteiger partial charge in [0.25, 0.3) is 5.91 Å². The third-order valence-electron chi connectivity index (χ3n) is 3.54. The summed E-state index contributed by atoms with van der Waals surface area (Å²) in [7, 11) is 0. The second kappa shape index (κ2) is 7.70. The molecular formula is C16H25ClN2O3. The monoisotopic (exact) mass is 328 g/mol. The zero-order valence-electron chi connectivity index (χ0n) is 13.3. The van der Waals surface area contributed by atoms with Crippen molar-refractivity contribution in [2.45, 2.75) is 32.7 Å². The molecule has 6 heteroatoms. The summed E-state index contributed by atoms with van der Waals surface area (Å²) in [5, 5.41) is 3.04. The zero-order chi connectivity index (χ0) is 15.5. The molecule has 1 heterocycles. The molecule has 1 aromatic carbocycles. The Morgan fingerprint density at radius 1 is 1.36 bits per heavy atom. The molecule has 1 unspecified atom stereocenters. The second-order valence-corrected chi connectivity index (χ2v) is 6.15. The Morgan fingerprint density at radius 3 is 2.68 bits per heavy atom. The Morgan fingerprint density at radius 2 is 2.05 bits per heavy atom. The topological polar surface area (TPSA) is 73.6 Å². The first-order valence-electron chi connectivity index (χ1n) is 7.36. The molecule has 1 aliphatic heterocycles. The molecule has 3 N–H and O–H groups in total. The number of fused-ring (bicyclic) bond motifs is 1. The summed E-state index contributed by atoms with van der Waals surface area (Å²) < 4.78 is 11.1. The largest absolute Gasteiger partial charge is 0.486 e. The van der Waals surface area contributed by atoms with Crippen LogP contribution in [0.4, 0.5) is 0 Å². The molecule has 0 aliphatic carbocycles. The van der Waals surface area contributed by atoms with Gasteiger partial charge in [-0.1, -0.05) is 19.9 Å². The lowest BCUT2D eigenvalue weighted by Crippen LogP contribution is -2.52. The van der Waals surface area contributed by atoms with Gasteiger partial charge >= 0.3 is 0 Å². The number of halogens is 1.